The van der Waals surface area contributed by atoms with E-state index in [1.54, 1.807) is 0 Å². The van der Waals surface area contributed by atoms with E-state index in [0.29, 0.717) is 18.4 Å². The number of hydrogen-bond acceptors (Lipinski definition) is 7. The minimum absolute atomic E-state index is 0.0125. The van der Waals surface area contributed by atoms with Gasteiger partial charge in [-0.05, 0) is 31.9 Å². The van der Waals surface area contributed by atoms with Crippen molar-refractivity contribution in [3.8, 4) is 17.3 Å². The number of rotatable bonds is 4. The number of anilines is 2. The van der Waals surface area contributed by atoms with E-state index in [4.69, 9.17) is 0 Å². The molecule has 0 bridgehead atoms. The standard InChI is InChI=1S/C22H22F3N7O2S/c23-22(24,25)17-12-29-21(30-14-3-1-6-27-10-14)31-18(17)16-11-28-19-15(16)5-4-13(9-26)20(19)32-7-2-8-35(32,33)34/h4-5,11-12,14,27-28H,1-3,6-8,10H2,(H,29,30,31)/t14-/m0/s1. The van der Waals surface area contributed by atoms with Gasteiger partial charge in [-0.1, -0.05) is 6.07 Å². The molecule has 1 atom stereocenters. The molecule has 0 aliphatic carbocycles. The number of aromatic nitrogens is 3. The summed E-state index contributed by atoms with van der Waals surface area (Å²) in [6, 6.07) is 4.91. The topological polar surface area (TPSA) is 127 Å². The molecule has 13 heteroatoms. The van der Waals surface area contributed by atoms with E-state index in [1.165, 1.54) is 18.3 Å². The normalized spacial score (nSPS) is 20.2. The zero-order valence-corrected chi connectivity index (χ0v) is 19.3. The minimum Gasteiger partial charge on any atom is -0.359 e. The Balaban J connectivity index is 1.66. The molecular formula is C22H22F3N7O2S. The third-order valence-electron chi connectivity index (χ3n) is 6.28. The first-order valence-corrected chi connectivity index (χ1v) is 12.8. The molecule has 4 heterocycles. The summed E-state index contributed by atoms with van der Waals surface area (Å²) < 4.78 is 68.1. The van der Waals surface area contributed by atoms with Gasteiger partial charge in [0.2, 0.25) is 16.0 Å². The molecule has 0 saturated carbocycles. The van der Waals surface area contributed by atoms with Crippen LogP contribution < -0.4 is 14.9 Å². The molecule has 1 aromatic carbocycles. The summed E-state index contributed by atoms with van der Waals surface area (Å²) in [5, 5.41) is 16.3. The maximum atomic E-state index is 13.9. The molecule has 0 radical (unpaired) electrons. The molecule has 0 unspecified atom stereocenters. The molecular weight excluding hydrogens is 483 g/mol. The number of nitrogens with one attached hydrogen (secondary N) is 3. The summed E-state index contributed by atoms with van der Waals surface area (Å²) in [5.74, 6) is 0.0174. The lowest BCUT2D eigenvalue weighted by atomic mass is 10.0. The highest BCUT2D eigenvalue weighted by atomic mass is 32.2. The first-order valence-electron chi connectivity index (χ1n) is 11.2. The molecule has 3 N–H and O–H groups in total. The molecule has 5 rings (SSSR count). The number of halogens is 3. The number of aromatic amines is 1. The summed E-state index contributed by atoms with van der Waals surface area (Å²) in [6.45, 7) is 1.72. The van der Waals surface area contributed by atoms with Crippen LogP contribution >= 0.6 is 0 Å². The number of fused-ring (bicyclic) bond motifs is 1. The fourth-order valence-electron chi connectivity index (χ4n) is 4.64. The Morgan fingerprint density at radius 1 is 1.26 bits per heavy atom. The molecule has 2 aromatic heterocycles. The second-order valence-electron chi connectivity index (χ2n) is 8.58. The van der Waals surface area contributed by atoms with Gasteiger partial charge in [-0.15, -0.1) is 0 Å². The SMILES string of the molecule is N#Cc1ccc2c(-c3nc(N[C@H]4CCCNC4)ncc3C(F)(F)F)c[nH]c2c1N1CCCS1(=O)=O. The lowest BCUT2D eigenvalue weighted by Crippen LogP contribution is -2.38. The quantitative estimate of drug-likeness (QED) is 0.497. The Morgan fingerprint density at radius 2 is 2.09 bits per heavy atom. The smallest absolute Gasteiger partial charge is 0.359 e. The van der Waals surface area contributed by atoms with Gasteiger partial charge in [-0.3, -0.25) is 4.31 Å². The van der Waals surface area contributed by atoms with Crippen LogP contribution in [0.25, 0.3) is 22.2 Å². The molecule has 2 aliphatic heterocycles. The number of nitriles is 1. The number of hydrogen-bond donors (Lipinski definition) is 3. The van der Waals surface area contributed by atoms with E-state index in [1.807, 2.05) is 6.07 Å². The van der Waals surface area contributed by atoms with E-state index in [9.17, 15) is 26.9 Å². The van der Waals surface area contributed by atoms with Crippen molar-refractivity contribution in [3.05, 3.63) is 35.7 Å². The van der Waals surface area contributed by atoms with Crippen LogP contribution in [0.5, 0.6) is 0 Å². The lowest BCUT2D eigenvalue weighted by molar-refractivity contribution is -0.137. The Hall–Kier alpha value is -3.37. The van der Waals surface area contributed by atoms with Crippen LogP contribution in [-0.2, 0) is 16.2 Å². The predicted octanol–water partition coefficient (Wildman–Crippen LogP) is 3.22. The van der Waals surface area contributed by atoms with Crippen molar-refractivity contribution in [2.24, 2.45) is 0 Å². The van der Waals surface area contributed by atoms with E-state index >= 15 is 0 Å². The first-order chi connectivity index (χ1) is 16.7. The highest BCUT2D eigenvalue weighted by molar-refractivity contribution is 7.93. The van der Waals surface area contributed by atoms with Crippen molar-refractivity contribution >= 4 is 32.6 Å². The summed E-state index contributed by atoms with van der Waals surface area (Å²) >= 11 is 0. The average molecular weight is 506 g/mol. The maximum Gasteiger partial charge on any atom is 0.419 e. The Labute approximate surface area is 199 Å². The first kappa shape index (κ1) is 23.4. The molecule has 3 aromatic rings. The van der Waals surface area contributed by atoms with Gasteiger partial charge >= 0.3 is 6.18 Å². The number of piperidine rings is 1. The van der Waals surface area contributed by atoms with Crippen LogP contribution in [0.3, 0.4) is 0 Å². The van der Waals surface area contributed by atoms with E-state index in [-0.39, 0.29) is 52.3 Å². The zero-order chi connectivity index (χ0) is 24.8. The van der Waals surface area contributed by atoms with Gasteiger partial charge in [-0.2, -0.15) is 18.4 Å². The number of benzene rings is 1. The summed E-state index contributed by atoms with van der Waals surface area (Å²) in [6.07, 6.45) is -0.428. The predicted molar refractivity (Wildman–Crippen MR) is 124 cm³/mol. The number of nitrogens with zero attached hydrogens (tertiary/aromatic N) is 4. The van der Waals surface area contributed by atoms with Gasteiger partial charge in [0.05, 0.1) is 28.2 Å². The Bertz CT molecular complexity index is 1420. The van der Waals surface area contributed by atoms with Crippen molar-refractivity contribution in [1.82, 2.24) is 20.3 Å². The van der Waals surface area contributed by atoms with Gasteiger partial charge in [0.15, 0.2) is 0 Å². The van der Waals surface area contributed by atoms with Crippen molar-refractivity contribution in [2.45, 2.75) is 31.5 Å². The average Bonchev–Trinajstić information content (AvgIpc) is 3.40. The fourth-order valence-corrected chi connectivity index (χ4v) is 6.23. The molecule has 0 amide bonds. The van der Waals surface area contributed by atoms with Gasteiger partial charge in [0.1, 0.15) is 11.6 Å². The van der Waals surface area contributed by atoms with Gasteiger partial charge < -0.3 is 15.6 Å². The van der Waals surface area contributed by atoms with Crippen LogP contribution in [-0.4, -0.2) is 54.8 Å². The Morgan fingerprint density at radius 3 is 2.74 bits per heavy atom. The number of sulfonamides is 1. The monoisotopic (exact) mass is 505 g/mol. The lowest BCUT2D eigenvalue weighted by Gasteiger charge is -2.24. The summed E-state index contributed by atoms with van der Waals surface area (Å²) in [5.41, 5.74) is -0.676. The fraction of sp³-hybridized carbons (Fsp3) is 0.409. The van der Waals surface area contributed by atoms with Crippen LogP contribution in [0, 0.1) is 11.3 Å². The van der Waals surface area contributed by atoms with Crippen LogP contribution in [0.15, 0.2) is 24.5 Å². The molecule has 35 heavy (non-hydrogen) atoms. The second kappa shape index (κ2) is 8.69. The van der Waals surface area contributed by atoms with E-state index < -0.39 is 21.8 Å². The largest absolute Gasteiger partial charge is 0.419 e. The third kappa shape index (κ3) is 4.28. The summed E-state index contributed by atoms with van der Waals surface area (Å²) in [4.78, 5) is 11.1. The van der Waals surface area contributed by atoms with Crippen LogP contribution in [0.1, 0.15) is 30.4 Å². The molecule has 0 spiro atoms. The zero-order valence-electron chi connectivity index (χ0n) is 18.5. The minimum atomic E-state index is -4.71. The second-order valence-corrected chi connectivity index (χ2v) is 10.6. The Kier molecular flexibility index (Phi) is 5.80. The highest BCUT2D eigenvalue weighted by Crippen LogP contribution is 2.42. The molecule has 9 nitrogen and oxygen atoms in total. The molecule has 2 fully saturated rings. The van der Waals surface area contributed by atoms with Gasteiger partial charge in [-0.25, -0.2) is 18.4 Å². The molecule has 184 valence electrons. The van der Waals surface area contributed by atoms with Crippen molar-refractivity contribution in [3.63, 3.8) is 0 Å². The maximum absolute atomic E-state index is 13.9. The van der Waals surface area contributed by atoms with Crippen molar-refractivity contribution in [1.29, 1.82) is 5.26 Å². The van der Waals surface area contributed by atoms with Crippen LogP contribution in [0.2, 0.25) is 0 Å². The van der Waals surface area contributed by atoms with E-state index in [0.717, 1.165) is 29.9 Å². The van der Waals surface area contributed by atoms with E-state index in [2.05, 4.69) is 25.6 Å². The highest BCUT2D eigenvalue weighted by Gasteiger charge is 2.37. The van der Waals surface area contributed by atoms with Crippen molar-refractivity contribution < 1.29 is 21.6 Å². The molecule has 2 saturated heterocycles. The van der Waals surface area contributed by atoms with Gasteiger partial charge in [0, 0.05) is 42.5 Å². The third-order valence-corrected chi connectivity index (χ3v) is 8.12. The van der Waals surface area contributed by atoms with Gasteiger partial charge in [0.25, 0.3) is 0 Å². The van der Waals surface area contributed by atoms with Crippen molar-refractivity contribution in [2.75, 3.05) is 35.0 Å². The molecule has 2 aliphatic rings. The van der Waals surface area contributed by atoms with Crippen LogP contribution in [0.4, 0.5) is 24.8 Å². The number of alkyl halides is 3. The summed E-state index contributed by atoms with van der Waals surface area (Å²) in [7, 11) is -3.63. The number of H-pyrrole nitrogens is 1.